The number of hydrogen-bond acceptors (Lipinski definition) is 0. The van der Waals surface area contributed by atoms with Gasteiger partial charge in [0.15, 0.2) is 0 Å². The highest BCUT2D eigenvalue weighted by atomic mass is 14.9. The molecule has 0 atom stereocenters. The van der Waals surface area contributed by atoms with Crippen molar-refractivity contribution in [3.8, 4) is 22.3 Å². The fourth-order valence-corrected chi connectivity index (χ4v) is 7.42. The minimum absolute atomic E-state index is 0.00644. The largest absolute Gasteiger partial charge is 0.308 e. The van der Waals surface area contributed by atoms with Gasteiger partial charge in [-0.2, -0.15) is 0 Å². The van der Waals surface area contributed by atoms with Crippen molar-refractivity contribution in [1.29, 1.82) is 0 Å². The molecule has 0 saturated carbocycles. The zero-order valence-electron chi connectivity index (χ0n) is 21.4. The number of aromatic nitrogens is 1. The molecule has 0 amide bonds. The van der Waals surface area contributed by atoms with E-state index in [-0.39, 0.29) is 5.41 Å². The standard InChI is InChI=1S/C37H25N/c1-37(2)31-15-6-3-12-28(31)35-27-14-9-13-23(24(27)18-19-32(35)37)22-20-29-25-10-4-7-16-33(25)38-34-17-8-5-11-26(34)30(21-22)36(29)38/h3-21H,1-2H3. The monoisotopic (exact) mass is 483 g/mol. The maximum atomic E-state index is 2.45. The van der Waals surface area contributed by atoms with E-state index in [0.29, 0.717) is 0 Å². The first kappa shape index (κ1) is 20.4. The molecule has 0 unspecified atom stereocenters. The number of hydrogen-bond donors (Lipinski definition) is 0. The molecule has 0 aliphatic heterocycles. The van der Waals surface area contributed by atoms with Gasteiger partial charge < -0.3 is 4.40 Å². The third-order valence-corrected chi connectivity index (χ3v) is 9.12. The summed E-state index contributed by atoms with van der Waals surface area (Å²) >= 11 is 0. The average molecular weight is 484 g/mol. The van der Waals surface area contributed by atoms with Crippen LogP contribution in [-0.4, -0.2) is 4.40 Å². The first-order valence-corrected chi connectivity index (χ1v) is 13.5. The van der Waals surface area contributed by atoms with Gasteiger partial charge in [-0.1, -0.05) is 105 Å². The normalized spacial score (nSPS) is 14.3. The number of fused-ring (bicyclic) bond motifs is 11. The van der Waals surface area contributed by atoms with E-state index in [4.69, 9.17) is 0 Å². The van der Waals surface area contributed by atoms with Crippen LogP contribution >= 0.6 is 0 Å². The van der Waals surface area contributed by atoms with Crippen LogP contribution in [0.5, 0.6) is 0 Å². The van der Waals surface area contributed by atoms with Crippen LogP contribution in [0.2, 0.25) is 0 Å². The summed E-state index contributed by atoms with van der Waals surface area (Å²) in [4.78, 5) is 0. The van der Waals surface area contributed by atoms with E-state index in [0.717, 1.165) is 0 Å². The first-order valence-electron chi connectivity index (χ1n) is 13.5. The summed E-state index contributed by atoms with van der Waals surface area (Å²) in [5, 5.41) is 7.95. The van der Waals surface area contributed by atoms with E-state index in [1.165, 1.54) is 82.2 Å². The maximum Gasteiger partial charge on any atom is 0.0620 e. The molecule has 1 aliphatic carbocycles. The third kappa shape index (κ3) is 2.33. The molecule has 1 heteroatoms. The average Bonchev–Trinajstić information content (AvgIpc) is 3.55. The van der Waals surface area contributed by atoms with E-state index in [1.807, 2.05) is 0 Å². The molecule has 2 aromatic heterocycles. The first-order chi connectivity index (χ1) is 18.6. The van der Waals surface area contributed by atoms with Crippen molar-refractivity contribution < 1.29 is 0 Å². The molecular weight excluding hydrogens is 458 g/mol. The maximum absolute atomic E-state index is 2.45. The Morgan fingerprint density at radius 2 is 1.08 bits per heavy atom. The molecule has 0 radical (unpaired) electrons. The lowest BCUT2D eigenvalue weighted by Crippen LogP contribution is -2.14. The smallest absolute Gasteiger partial charge is 0.0620 e. The fourth-order valence-electron chi connectivity index (χ4n) is 7.42. The number of rotatable bonds is 1. The van der Waals surface area contributed by atoms with Crippen LogP contribution in [-0.2, 0) is 5.41 Å². The lowest BCUT2D eigenvalue weighted by Gasteiger charge is -2.21. The summed E-state index contributed by atoms with van der Waals surface area (Å²) < 4.78 is 2.45. The zero-order chi connectivity index (χ0) is 25.2. The van der Waals surface area contributed by atoms with E-state index >= 15 is 0 Å². The lowest BCUT2D eigenvalue weighted by atomic mass is 9.82. The van der Waals surface area contributed by atoms with Gasteiger partial charge in [0.05, 0.1) is 16.6 Å². The minimum Gasteiger partial charge on any atom is -0.308 e. The second kappa shape index (κ2) is 6.82. The lowest BCUT2D eigenvalue weighted by molar-refractivity contribution is 0.661. The molecule has 1 aliphatic rings. The van der Waals surface area contributed by atoms with Gasteiger partial charge in [0.25, 0.3) is 0 Å². The highest BCUT2D eigenvalue weighted by molar-refractivity contribution is 6.25. The highest BCUT2D eigenvalue weighted by Gasteiger charge is 2.36. The van der Waals surface area contributed by atoms with Gasteiger partial charge in [-0.05, 0) is 68.4 Å². The Kier molecular flexibility index (Phi) is 3.67. The molecule has 8 aromatic rings. The van der Waals surface area contributed by atoms with Crippen molar-refractivity contribution >= 4 is 48.9 Å². The molecule has 0 fully saturated rings. The van der Waals surface area contributed by atoms with E-state index in [1.54, 1.807) is 0 Å². The van der Waals surface area contributed by atoms with Crippen molar-refractivity contribution in [2.75, 3.05) is 0 Å². The number of para-hydroxylation sites is 2. The van der Waals surface area contributed by atoms with E-state index in [2.05, 4.69) is 134 Å². The topological polar surface area (TPSA) is 4.41 Å². The molecule has 2 heterocycles. The summed E-state index contributed by atoms with van der Waals surface area (Å²) in [7, 11) is 0. The second-order valence-electron chi connectivity index (χ2n) is 11.3. The summed E-state index contributed by atoms with van der Waals surface area (Å²) in [6, 6.07) is 43.0. The minimum atomic E-state index is 0.00644. The molecule has 0 spiro atoms. The van der Waals surface area contributed by atoms with Crippen LogP contribution in [0.3, 0.4) is 0 Å². The Labute approximate surface area is 220 Å². The van der Waals surface area contributed by atoms with Crippen molar-refractivity contribution in [1.82, 2.24) is 4.40 Å². The van der Waals surface area contributed by atoms with Gasteiger partial charge >= 0.3 is 0 Å². The fraction of sp³-hybridized carbons (Fsp3) is 0.0811. The van der Waals surface area contributed by atoms with Crippen molar-refractivity contribution in [2.45, 2.75) is 19.3 Å². The predicted molar refractivity (Wildman–Crippen MR) is 162 cm³/mol. The van der Waals surface area contributed by atoms with Crippen molar-refractivity contribution in [3.05, 3.63) is 126 Å². The zero-order valence-corrected chi connectivity index (χ0v) is 21.4. The van der Waals surface area contributed by atoms with Crippen LogP contribution < -0.4 is 0 Å². The van der Waals surface area contributed by atoms with E-state index in [9.17, 15) is 0 Å². The molecule has 0 saturated heterocycles. The van der Waals surface area contributed by atoms with Gasteiger partial charge in [-0.25, -0.2) is 0 Å². The third-order valence-electron chi connectivity index (χ3n) is 9.12. The molecule has 38 heavy (non-hydrogen) atoms. The molecule has 9 rings (SSSR count). The molecular formula is C37H25N. The highest BCUT2D eigenvalue weighted by Crippen LogP contribution is 2.52. The molecule has 0 N–H and O–H groups in total. The summed E-state index contributed by atoms with van der Waals surface area (Å²) in [5.74, 6) is 0. The Balaban J connectivity index is 1.41. The summed E-state index contributed by atoms with van der Waals surface area (Å²) in [5.41, 5.74) is 12.1. The molecule has 178 valence electrons. The number of benzene rings is 6. The Morgan fingerprint density at radius 1 is 0.474 bits per heavy atom. The SMILES string of the molecule is CC1(C)c2ccccc2-c2c1ccc1c(-c3cc4c5ccccc5n5c6ccccc6c(c3)c45)cccc21. The van der Waals surface area contributed by atoms with Crippen molar-refractivity contribution in [3.63, 3.8) is 0 Å². The Bertz CT molecular complexity index is 2180. The quantitative estimate of drug-likeness (QED) is 0.219. The summed E-state index contributed by atoms with van der Waals surface area (Å²) in [6.07, 6.45) is 0. The van der Waals surface area contributed by atoms with Crippen LogP contribution in [0.25, 0.3) is 71.1 Å². The predicted octanol–water partition coefficient (Wildman–Crippen LogP) is 9.96. The Hall–Kier alpha value is -4.62. The number of nitrogens with zero attached hydrogens (tertiary/aromatic N) is 1. The van der Waals surface area contributed by atoms with E-state index < -0.39 is 0 Å². The van der Waals surface area contributed by atoms with Gasteiger partial charge in [0.1, 0.15) is 0 Å². The van der Waals surface area contributed by atoms with Crippen LogP contribution in [0.15, 0.2) is 115 Å². The second-order valence-corrected chi connectivity index (χ2v) is 11.3. The van der Waals surface area contributed by atoms with Crippen LogP contribution in [0.4, 0.5) is 0 Å². The van der Waals surface area contributed by atoms with Gasteiger partial charge in [-0.15, -0.1) is 0 Å². The molecule has 6 aromatic carbocycles. The van der Waals surface area contributed by atoms with Gasteiger partial charge in [0.2, 0.25) is 0 Å². The van der Waals surface area contributed by atoms with Crippen LogP contribution in [0, 0.1) is 0 Å². The van der Waals surface area contributed by atoms with Crippen molar-refractivity contribution in [2.24, 2.45) is 0 Å². The van der Waals surface area contributed by atoms with Crippen LogP contribution in [0.1, 0.15) is 25.0 Å². The molecule has 1 nitrogen and oxygen atoms in total. The Morgan fingerprint density at radius 3 is 1.82 bits per heavy atom. The summed E-state index contributed by atoms with van der Waals surface area (Å²) in [6.45, 7) is 4.71. The molecule has 0 bridgehead atoms. The van der Waals surface area contributed by atoms with Gasteiger partial charge in [0, 0.05) is 27.0 Å². The van der Waals surface area contributed by atoms with Gasteiger partial charge in [-0.3, -0.25) is 0 Å².